The number of aliphatic hydroxyl groups excluding tert-OH is 1. The van der Waals surface area contributed by atoms with E-state index in [0.717, 1.165) is 11.3 Å². The van der Waals surface area contributed by atoms with Gasteiger partial charge in [0.25, 0.3) is 0 Å². The summed E-state index contributed by atoms with van der Waals surface area (Å²) in [4.78, 5) is 4.32. The minimum atomic E-state index is -0.697. The number of nitrogens with two attached hydrogens (primary N) is 1. The van der Waals surface area contributed by atoms with Crippen LogP contribution in [0.2, 0.25) is 5.15 Å². The largest absolute Gasteiger partial charge is 0.387 e. The van der Waals surface area contributed by atoms with E-state index in [1.165, 1.54) is 0 Å². The van der Waals surface area contributed by atoms with E-state index in [4.69, 9.17) is 17.3 Å². The van der Waals surface area contributed by atoms with Crippen molar-refractivity contribution in [2.75, 3.05) is 6.54 Å². The Balaban J connectivity index is 2.56. The highest BCUT2D eigenvalue weighted by Gasteiger charge is 2.17. The lowest BCUT2D eigenvalue weighted by Crippen LogP contribution is -2.07. The zero-order chi connectivity index (χ0) is 11.7. The van der Waals surface area contributed by atoms with Gasteiger partial charge in [-0.2, -0.15) is 0 Å². The maximum Gasteiger partial charge on any atom is 0.139 e. The molecule has 2 rings (SSSR count). The van der Waals surface area contributed by atoms with Gasteiger partial charge in [-0.05, 0) is 32.0 Å². The molecule has 86 valence electrons. The number of hydrogen-bond acceptors (Lipinski definition) is 3. The van der Waals surface area contributed by atoms with Crippen LogP contribution in [0.15, 0.2) is 18.2 Å². The highest BCUT2D eigenvalue weighted by Crippen LogP contribution is 2.26. The molecule has 5 heteroatoms. The number of aliphatic hydroxyl groups is 1. The highest BCUT2D eigenvalue weighted by atomic mass is 35.5. The van der Waals surface area contributed by atoms with Crippen LogP contribution < -0.4 is 5.73 Å². The Morgan fingerprint density at radius 2 is 2.31 bits per heavy atom. The monoisotopic (exact) mass is 239 g/mol. The van der Waals surface area contributed by atoms with Crippen LogP contribution in [-0.4, -0.2) is 21.0 Å². The van der Waals surface area contributed by atoms with Crippen LogP contribution in [0.1, 0.15) is 23.9 Å². The van der Waals surface area contributed by atoms with Gasteiger partial charge >= 0.3 is 0 Å². The molecule has 0 aliphatic rings. The Morgan fingerprint density at radius 1 is 1.56 bits per heavy atom. The second kappa shape index (κ2) is 4.41. The lowest BCUT2D eigenvalue weighted by Gasteiger charge is -2.06. The molecule has 0 spiro atoms. The molecule has 0 aliphatic heterocycles. The standard InChI is InChI=1S/C11H14ClN3O/c1-7-3-2-4-9-14-10(8(16)5-6-13)11(12)15(7)9/h2-4,8,16H,5-6,13H2,1H3. The number of aryl methyl sites for hydroxylation is 1. The summed E-state index contributed by atoms with van der Waals surface area (Å²) in [6.07, 6.45) is -0.236. The molecular formula is C11H14ClN3O. The maximum absolute atomic E-state index is 9.85. The van der Waals surface area contributed by atoms with E-state index in [1.54, 1.807) is 0 Å². The van der Waals surface area contributed by atoms with E-state index in [1.807, 2.05) is 29.5 Å². The average Bonchev–Trinajstić information content (AvgIpc) is 2.58. The minimum absolute atomic E-state index is 0.407. The van der Waals surface area contributed by atoms with Crippen molar-refractivity contribution in [3.05, 3.63) is 34.7 Å². The molecule has 0 amide bonds. The zero-order valence-electron chi connectivity index (χ0n) is 9.02. The second-order valence-electron chi connectivity index (χ2n) is 3.74. The van der Waals surface area contributed by atoms with Crippen molar-refractivity contribution in [3.8, 4) is 0 Å². The van der Waals surface area contributed by atoms with Gasteiger partial charge in [0.1, 0.15) is 22.6 Å². The number of halogens is 1. The van der Waals surface area contributed by atoms with Gasteiger partial charge in [-0.25, -0.2) is 4.98 Å². The molecule has 1 atom stereocenters. The summed E-state index contributed by atoms with van der Waals surface area (Å²) in [6.45, 7) is 2.35. The Bertz CT molecular complexity index is 509. The van der Waals surface area contributed by atoms with Gasteiger partial charge in [-0.1, -0.05) is 17.7 Å². The van der Waals surface area contributed by atoms with Crippen LogP contribution in [0.3, 0.4) is 0 Å². The summed E-state index contributed by atoms with van der Waals surface area (Å²) in [6, 6.07) is 5.71. The first kappa shape index (κ1) is 11.4. The van der Waals surface area contributed by atoms with E-state index >= 15 is 0 Å². The van der Waals surface area contributed by atoms with E-state index in [2.05, 4.69) is 4.98 Å². The smallest absolute Gasteiger partial charge is 0.139 e. The van der Waals surface area contributed by atoms with Crippen LogP contribution in [0.4, 0.5) is 0 Å². The van der Waals surface area contributed by atoms with Crippen molar-refractivity contribution in [1.29, 1.82) is 0 Å². The molecule has 1 unspecified atom stereocenters. The Labute approximate surface area is 98.7 Å². The Hall–Kier alpha value is -1.10. The van der Waals surface area contributed by atoms with E-state index in [-0.39, 0.29) is 0 Å². The third-order valence-electron chi connectivity index (χ3n) is 2.56. The molecule has 3 N–H and O–H groups in total. The molecule has 2 aromatic rings. The Kier molecular flexibility index (Phi) is 3.14. The number of rotatable bonds is 3. The fourth-order valence-corrected chi connectivity index (χ4v) is 2.12. The topological polar surface area (TPSA) is 63.5 Å². The molecule has 0 fully saturated rings. The molecule has 0 aromatic carbocycles. The minimum Gasteiger partial charge on any atom is -0.387 e. The average molecular weight is 240 g/mol. The lowest BCUT2D eigenvalue weighted by molar-refractivity contribution is 0.166. The van der Waals surface area contributed by atoms with E-state index in [0.29, 0.717) is 23.8 Å². The van der Waals surface area contributed by atoms with Crippen molar-refractivity contribution < 1.29 is 5.11 Å². The molecule has 0 aliphatic carbocycles. The van der Waals surface area contributed by atoms with Crippen LogP contribution in [0, 0.1) is 6.92 Å². The normalized spacial score (nSPS) is 13.2. The first-order valence-electron chi connectivity index (χ1n) is 5.16. The van der Waals surface area contributed by atoms with Crippen molar-refractivity contribution in [2.24, 2.45) is 5.73 Å². The maximum atomic E-state index is 9.85. The number of aromatic nitrogens is 2. The lowest BCUT2D eigenvalue weighted by atomic mass is 10.2. The van der Waals surface area contributed by atoms with Gasteiger partial charge in [0.15, 0.2) is 0 Å². The summed E-state index contributed by atoms with van der Waals surface area (Å²) in [5.74, 6) is 0. The number of hydrogen-bond donors (Lipinski definition) is 2. The van der Waals surface area contributed by atoms with Gasteiger partial charge in [0, 0.05) is 5.69 Å². The van der Waals surface area contributed by atoms with E-state index < -0.39 is 6.10 Å². The zero-order valence-corrected chi connectivity index (χ0v) is 9.78. The molecule has 0 saturated heterocycles. The SMILES string of the molecule is Cc1cccc2nc(C(O)CCN)c(Cl)n12. The fraction of sp³-hybridized carbons (Fsp3) is 0.364. The van der Waals surface area contributed by atoms with Crippen LogP contribution >= 0.6 is 11.6 Å². The predicted octanol–water partition coefficient (Wildman–Crippen LogP) is 1.68. The van der Waals surface area contributed by atoms with Crippen molar-refractivity contribution >= 4 is 17.2 Å². The molecule has 4 nitrogen and oxygen atoms in total. The van der Waals surface area contributed by atoms with Gasteiger partial charge in [0.2, 0.25) is 0 Å². The third kappa shape index (κ3) is 1.80. The molecule has 2 aromatic heterocycles. The van der Waals surface area contributed by atoms with Crippen LogP contribution in [-0.2, 0) is 0 Å². The Morgan fingerprint density at radius 3 is 2.94 bits per heavy atom. The fourth-order valence-electron chi connectivity index (χ4n) is 1.74. The molecule has 0 bridgehead atoms. The second-order valence-corrected chi connectivity index (χ2v) is 4.10. The quantitative estimate of drug-likeness (QED) is 0.857. The number of pyridine rings is 1. The summed E-state index contributed by atoms with van der Waals surface area (Å²) < 4.78 is 1.82. The van der Waals surface area contributed by atoms with Gasteiger partial charge in [-0.15, -0.1) is 0 Å². The van der Waals surface area contributed by atoms with Gasteiger partial charge in [-0.3, -0.25) is 4.40 Å². The molecule has 2 heterocycles. The van der Waals surface area contributed by atoms with Crippen molar-refractivity contribution in [1.82, 2.24) is 9.38 Å². The summed E-state index contributed by atoms with van der Waals surface area (Å²) in [5.41, 5.74) is 7.64. The molecular weight excluding hydrogens is 226 g/mol. The number of nitrogens with zero attached hydrogens (tertiary/aromatic N) is 2. The first-order chi connectivity index (χ1) is 7.65. The summed E-state index contributed by atoms with van der Waals surface area (Å²) in [7, 11) is 0. The van der Waals surface area contributed by atoms with Gasteiger partial charge < -0.3 is 10.8 Å². The predicted molar refractivity (Wildman–Crippen MR) is 63.6 cm³/mol. The summed E-state index contributed by atoms with van der Waals surface area (Å²) >= 11 is 6.19. The summed E-state index contributed by atoms with van der Waals surface area (Å²) in [5, 5.41) is 10.3. The van der Waals surface area contributed by atoms with Crippen LogP contribution in [0.5, 0.6) is 0 Å². The number of fused-ring (bicyclic) bond motifs is 1. The highest BCUT2D eigenvalue weighted by molar-refractivity contribution is 6.30. The van der Waals surface area contributed by atoms with Crippen LogP contribution in [0.25, 0.3) is 5.65 Å². The van der Waals surface area contributed by atoms with Crippen molar-refractivity contribution in [2.45, 2.75) is 19.4 Å². The number of imidazole rings is 1. The molecule has 16 heavy (non-hydrogen) atoms. The third-order valence-corrected chi connectivity index (χ3v) is 2.93. The van der Waals surface area contributed by atoms with E-state index in [9.17, 15) is 5.11 Å². The molecule has 0 radical (unpaired) electrons. The first-order valence-corrected chi connectivity index (χ1v) is 5.54. The van der Waals surface area contributed by atoms with Gasteiger partial charge in [0.05, 0.1) is 0 Å². The van der Waals surface area contributed by atoms with Crippen molar-refractivity contribution in [3.63, 3.8) is 0 Å². The molecule has 0 saturated carbocycles.